The Hall–Kier alpha value is -3.99. The number of nitrogens with zero attached hydrogens (tertiary/aromatic N) is 3. The third-order valence-electron chi connectivity index (χ3n) is 5.58. The molecule has 3 aromatic rings. The zero-order valence-electron chi connectivity index (χ0n) is 19.1. The minimum absolute atomic E-state index is 0.0808. The molecule has 2 aromatic carbocycles. The lowest BCUT2D eigenvalue weighted by atomic mass is 10.1. The fraction of sp³-hybridized carbons (Fsp3) is 0.292. The van der Waals surface area contributed by atoms with Crippen LogP contribution in [0.2, 0.25) is 0 Å². The molecule has 1 fully saturated rings. The van der Waals surface area contributed by atoms with E-state index in [2.05, 4.69) is 10.3 Å². The number of nitro benzene ring substituents is 1. The first kappa shape index (κ1) is 24.1. The molecule has 4 rings (SSSR count). The van der Waals surface area contributed by atoms with Crippen molar-refractivity contribution in [3.05, 3.63) is 74.2 Å². The molecule has 0 atom stereocenters. The number of nitro groups is 1. The number of benzene rings is 2. The maximum atomic E-state index is 12.9. The molecule has 11 heteroatoms. The number of rotatable bonds is 9. The number of carbonyl (C=O) groups excluding carboxylic acids is 2. The standard InChI is InChI=1S/C24H24N4O6S/c1-33-21-10-19(20(28(31)32)11-22(21)34-13-17-14-35-15-26-17)24(30)25-12-16-5-4-6-18(9-16)27-8-3-2-7-23(27)29/h4-6,9-11,14-15H,2-3,7-8,12-13H2,1H3,(H,25,30). The van der Waals surface area contributed by atoms with Crippen molar-refractivity contribution in [3.63, 3.8) is 0 Å². The number of methoxy groups -OCH3 is 1. The average molecular weight is 497 g/mol. The van der Waals surface area contributed by atoms with Crippen LogP contribution in [0.15, 0.2) is 47.3 Å². The Morgan fingerprint density at radius 1 is 1.26 bits per heavy atom. The van der Waals surface area contributed by atoms with Gasteiger partial charge in [0.15, 0.2) is 11.5 Å². The molecule has 2 amide bonds. The van der Waals surface area contributed by atoms with Crippen LogP contribution in [0.25, 0.3) is 0 Å². The fourth-order valence-corrected chi connectivity index (χ4v) is 4.35. The Kier molecular flexibility index (Phi) is 7.56. The highest BCUT2D eigenvalue weighted by Gasteiger charge is 2.25. The van der Waals surface area contributed by atoms with Gasteiger partial charge in [0.2, 0.25) is 5.91 Å². The second kappa shape index (κ2) is 11.0. The summed E-state index contributed by atoms with van der Waals surface area (Å²) in [6.45, 7) is 0.909. The lowest BCUT2D eigenvalue weighted by Gasteiger charge is -2.27. The van der Waals surface area contributed by atoms with E-state index in [1.54, 1.807) is 15.8 Å². The quantitative estimate of drug-likeness (QED) is 0.350. The van der Waals surface area contributed by atoms with Crippen LogP contribution in [-0.2, 0) is 17.9 Å². The summed E-state index contributed by atoms with van der Waals surface area (Å²) >= 11 is 1.41. The van der Waals surface area contributed by atoms with Gasteiger partial charge >= 0.3 is 0 Å². The van der Waals surface area contributed by atoms with Gasteiger partial charge in [-0.1, -0.05) is 12.1 Å². The van der Waals surface area contributed by atoms with E-state index in [0.29, 0.717) is 18.7 Å². The monoisotopic (exact) mass is 496 g/mol. The molecule has 0 unspecified atom stereocenters. The van der Waals surface area contributed by atoms with E-state index in [9.17, 15) is 19.7 Å². The van der Waals surface area contributed by atoms with Crippen molar-refractivity contribution in [2.45, 2.75) is 32.4 Å². The summed E-state index contributed by atoms with van der Waals surface area (Å²) in [5.41, 5.74) is 3.34. The fourth-order valence-electron chi connectivity index (χ4n) is 3.81. The van der Waals surface area contributed by atoms with Gasteiger partial charge in [-0.2, -0.15) is 0 Å². The Balaban J connectivity index is 1.50. The van der Waals surface area contributed by atoms with Crippen molar-refractivity contribution in [3.8, 4) is 11.5 Å². The number of hydrogen-bond donors (Lipinski definition) is 1. The van der Waals surface area contributed by atoms with Gasteiger partial charge in [-0.25, -0.2) is 4.98 Å². The molecular formula is C24H24N4O6S. The second-order valence-corrected chi connectivity index (χ2v) is 8.62. The predicted molar refractivity (Wildman–Crippen MR) is 130 cm³/mol. The van der Waals surface area contributed by atoms with Gasteiger partial charge in [0.25, 0.3) is 11.6 Å². The maximum absolute atomic E-state index is 12.9. The van der Waals surface area contributed by atoms with Gasteiger partial charge in [-0.15, -0.1) is 11.3 Å². The van der Waals surface area contributed by atoms with Crippen molar-refractivity contribution in [1.29, 1.82) is 0 Å². The molecule has 10 nitrogen and oxygen atoms in total. The van der Waals surface area contributed by atoms with Gasteiger partial charge in [0.1, 0.15) is 12.2 Å². The van der Waals surface area contributed by atoms with Gasteiger partial charge in [0, 0.05) is 36.6 Å². The van der Waals surface area contributed by atoms with Crippen molar-refractivity contribution in [2.75, 3.05) is 18.6 Å². The number of hydrogen-bond acceptors (Lipinski definition) is 8. The summed E-state index contributed by atoms with van der Waals surface area (Å²) in [6.07, 6.45) is 2.36. The van der Waals surface area contributed by atoms with Crippen LogP contribution in [0.1, 0.15) is 40.9 Å². The largest absolute Gasteiger partial charge is 0.493 e. The molecule has 0 radical (unpaired) electrons. The Morgan fingerprint density at radius 2 is 2.11 bits per heavy atom. The summed E-state index contributed by atoms with van der Waals surface area (Å²) < 4.78 is 11.0. The van der Waals surface area contributed by atoms with Crippen LogP contribution in [0.4, 0.5) is 11.4 Å². The third kappa shape index (κ3) is 5.75. The number of carbonyl (C=O) groups is 2. The minimum atomic E-state index is -0.632. The van der Waals surface area contributed by atoms with Gasteiger partial charge < -0.3 is 19.7 Å². The van der Waals surface area contributed by atoms with Crippen molar-refractivity contribution in [1.82, 2.24) is 10.3 Å². The smallest absolute Gasteiger partial charge is 0.286 e. The van der Waals surface area contributed by atoms with Crippen LogP contribution in [0, 0.1) is 10.1 Å². The Bertz CT molecular complexity index is 1230. The van der Waals surface area contributed by atoms with Crippen molar-refractivity contribution in [2.24, 2.45) is 0 Å². The number of piperidine rings is 1. The zero-order valence-corrected chi connectivity index (χ0v) is 19.9. The van der Waals surface area contributed by atoms with Crippen LogP contribution in [0.5, 0.6) is 11.5 Å². The molecule has 1 aliphatic rings. The van der Waals surface area contributed by atoms with Crippen LogP contribution < -0.4 is 19.7 Å². The lowest BCUT2D eigenvalue weighted by molar-refractivity contribution is -0.385. The van der Waals surface area contributed by atoms with E-state index < -0.39 is 16.5 Å². The average Bonchev–Trinajstić information content (AvgIpc) is 3.39. The zero-order chi connectivity index (χ0) is 24.8. The number of amides is 2. The molecule has 35 heavy (non-hydrogen) atoms. The first-order chi connectivity index (χ1) is 17.0. The Labute approximate surface area is 205 Å². The van der Waals surface area contributed by atoms with Crippen molar-refractivity contribution < 1.29 is 24.0 Å². The van der Waals surface area contributed by atoms with Gasteiger partial charge in [-0.3, -0.25) is 19.7 Å². The second-order valence-electron chi connectivity index (χ2n) is 7.90. The number of aromatic nitrogens is 1. The molecule has 1 N–H and O–H groups in total. The summed E-state index contributed by atoms with van der Waals surface area (Å²) in [4.78, 5) is 42.1. The van der Waals surface area contributed by atoms with Crippen molar-refractivity contribution >= 4 is 34.5 Å². The van der Waals surface area contributed by atoms with Gasteiger partial charge in [-0.05, 0) is 30.5 Å². The van der Waals surface area contributed by atoms with E-state index in [1.165, 1.54) is 30.6 Å². The summed E-state index contributed by atoms with van der Waals surface area (Å²) in [5, 5.41) is 16.2. The first-order valence-electron chi connectivity index (χ1n) is 11.0. The molecule has 1 aliphatic heterocycles. The molecular weight excluding hydrogens is 472 g/mol. The highest BCUT2D eigenvalue weighted by molar-refractivity contribution is 7.07. The maximum Gasteiger partial charge on any atom is 0.286 e. The van der Waals surface area contributed by atoms with E-state index in [-0.39, 0.29) is 36.1 Å². The molecule has 0 aliphatic carbocycles. The number of ether oxygens (including phenoxy) is 2. The molecule has 0 saturated carbocycles. The molecule has 0 bridgehead atoms. The summed E-state index contributed by atoms with van der Waals surface area (Å²) in [5.74, 6) is -0.206. The van der Waals surface area contributed by atoms with Crippen LogP contribution in [0.3, 0.4) is 0 Å². The molecule has 0 spiro atoms. The van der Waals surface area contributed by atoms with E-state index in [1.807, 2.05) is 24.3 Å². The minimum Gasteiger partial charge on any atom is -0.493 e. The molecule has 182 valence electrons. The van der Waals surface area contributed by atoms with E-state index in [4.69, 9.17) is 9.47 Å². The van der Waals surface area contributed by atoms with E-state index in [0.717, 1.165) is 24.1 Å². The molecule has 1 saturated heterocycles. The van der Waals surface area contributed by atoms with E-state index >= 15 is 0 Å². The normalized spacial score (nSPS) is 13.4. The number of anilines is 1. The SMILES string of the molecule is COc1cc(C(=O)NCc2cccc(N3CCCCC3=O)c2)c([N+](=O)[O-])cc1OCc1cscn1. The molecule has 1 aromatic heterocycles. The van der Waals surface area contributed by atoms with Gasteiger partial charge in [0.05, 0.1) is 29.3 Å². The first-order valence-corrected chi connectivity index (χ1v) is 11.9. The topological polar surface area (TPSA) is 124 Å². The third-order valence-corrected chi connectivity index (χ3v) is 6.22. The summed E-state index contributed by atoms with van der Waals surface area (Å²) in [7, 11) is 1.39. The number of nitrogens with one attached hydrogen (secondary N) is 1. The molecule has 2 heterocycles. The lowest BCUT2D eigenvalue weighted by Crippen LogP contribution is -2.35. The highest BCUT2D eigenvalue weighted by Crippen LogP contribution is 2.35. The predicted octanol–water partition coefficient (Wildman–Crippen LogP) is 4.09. The Morgan fingerprint density at radius 3 is 2.83 bits per heavy atom. The summed E-state index contributed by atoms with van der Waals surface area (Å²) in [6, 6.07) is 9.82. The highest BCUT2D eigenvalue weighted by atomic mass is 32.1. The number of thiazole rings is 1. The van der Waals surface area contributed by atoms with Crippen LogP contribution >= 0.6 is 11.3 Å². The van der Waals surface area contributed by atoms with Crippen LogP contribution in [-0.4, -0.2) is 35.4 Å².